The maximum absolute atomic E-state index is 13.6. The van der Waals surface area contributed by atoms with Crippen LogP contribution in [0.5, 0.6) is 0 Å². The van der Waals surface area contributed by atoms with Gasteiger partial charge in [0, 0.05) is 6.42 Å². The average molecular weight is 370 g/mol. The lowest BCUT2D eigenvalue weighted by molar-refractivity contribution is -0.133. The van der Waals surface area contributed by atoms with E-state index in [1.165, 1.54) is 0 Å². The summed E-state index contributed by atoms with van der Waals surface area (Å²) in [6.45, 7) is 5.21. The van der Waals surface area contributed by atoms with E-state index >= 15 is 0 Å². The third-order valence-electron chi connectivity index (χ3n) is 5.13. The minimum absolute atomic E-state index is 0.310. The molecular formula is C20H22N2O3S. The molecule has 1 saturated heterocycles. The van der Waals surface area contributed by atoms with Crippen LogP contribution in [0.3, 0.4) is 0 Å². The Balaban J connectivity index is 2.00. The van der Waals surface area contributed by atoms with Crippen molar-refractivity contribution in [1.29, 1.82) is 0 Å². The van der Waals surface area contributed by atoms with Crippen LogP contribution in [-0.2, 0) is 33.4 Å². The Morgan fingerprint density at radius 2 is 1.54 bits per heavy atom. The molecule has 2 aromatic carbocycles. The van der Waals surface area contributed by atoms with Crippen molar-refractivity contribution in [2.24, 2.45) is 0 Å². The number of amides is 1. The lowest BCUT2D eigenvalue weighted by atomic mass is 9.82. The summed E-state index contributed by atoms with van der Waals surface area (Å²) in [5.41, 5.74) is 1.71. The number of hydrogen-bond acceptors (Lipinski definition) is 3. The number of hydrogen-bond donors (Lipinski definition) is 1. The van der Waals surface area contributed by atoms with Crippen molar-refractivity contribution in [2.45, 2.75) is 44.7 Å². The van der Waals surface area contributed by atoms with E-state index in [2.05, 4.69) is 4.72 Å². The van der Waals surface area contributed by atoms with Gasteiger partial charge in [-0.2, -0.15) is 13.1 Å². The third-order valence-corrected chi connectivity index (χ3v) is 6.94. The Kier molecular flexibility index (Phi) is 3.59. The Bertz CT molecular complexity index is 1010. The molecule has 136 valence electrons. The fraction of sp³-hybridized carbons (Fsp3) is 0.350. The summed E-state index contributed by atoms with van der Waals surface area (Å²) in [4.78, 5) is 13.6. The molecule has 0 saturated carbocycles. The van der Waals surface area contributed by atoms with E-state index < -0.39 is 27.2 Å². The molecule has 1 N–H and O–H groups in total. The fourth-order valence-electron chi connectivity index (χ4n) is 4.12. The van der Waals surface area contributed by atoms with Crippen molar-refractivity contribution in [3.63, 3.8) is 0 Å². The zero-order valence-corrected chi connectivity index (χ0v) is 15.9. The maximum Gasteiger partial charge on any atom is 0.305 e. The molecule has 0 radical (unpaired) electrons. The Morgan fingerprint density at radius 1 is 0.962 bits per heavy atom. The predicted molar refractivity (Wildman–Crippen MR) is 99.7 cm³/mol. The van der Waals surface area contributed by atoms with Gasteiger partial charge in [0.2, 0.25) is 0 Å². The number of benzene rings is 2. The zero-order valence-electron chi connectivity index (χ0n) is 15.1. The second-order valence-electron chi connectivity index (χ2n) is 8.03. The normalized spacial score (nSPS) is 24.3. The van der Waals surface area contributed by atoms with Crippen LogP contribution >= 0.6 is 0 Å². The average Bonchev–Trinajstić information content (AvgIpc) is 2.67. The summed E-state index contributed by atoms with van der Waals surface area (Å²) < 4.78 is 29.6. The van der Waals surface area contributed by atoms with Crippen molar-refractivity contribution in [1.82, 2.24) is 9.03 Å². The van der Waals surface area contributed by atoms with E-state index in [-0.39, 0.29) is 0 Å². The Hall–Kier alpha value is -2.18. The molecule has 1 atom stereocenters. The van der Waals surface area contributed by atoms with Crippen LogP contribution in [0.1, 0.15) is 43.0 Å². The minimum Gasteiger partial charge on any atom is -0.271 e. The highest BCUT2D eigenvalue weighted by molar-refractivity contribution is 7.88. The zero-order chi connectivity index (χ0) is 18.7. The van der Waals surface area contributed by atoms with Crippen LogP contribution in [0.15, 0.2) is 48.5 Å². The van der Waals surface area contributed by atoms with Crippen molar-refractivity contribution in [3.05, 3.63) is 70.8 Å². The van der Waals surface area contributed by atoms with E-state index in [9.17, 15) is 13.2 Å². The van der Waals surface area contributed by atoms with Gasteiger partial charge in [-0.15, -0.1) is 0 Å². The Labute approximate surface area is 154 Å². The minimum atomic E-state index is -3.93. The maximum atomic E-state index is 13.6. The molecule has 1 aliphatic heterocycles. The summed E-state index contributed by atoms with van der Waals surface area (Å²) in [7, 11) is -3.93. The monoisotopic (exact) mass is 370 g/mol. The summed E-state index contributed by atoms with van der Waals surface area (Å²) in [5.74, 6) is -0.408. The van der Waals surface area contributed by atoms with Gasteiger partial charge in [0.25, 0.3) is 5.91 Å². The standard InChI is InChI=1S/C20H22N2O3S/c1-19(2,3)22-18(23)20(21-26(22,24)25)13-16-10-5-4-8-14(16)12-15-9-6-7-11-17(15)20/h4-11,21H,12-13H2,1-3H3. The fourth-order valence-corrected chi connectivity index (χ4v) is 6.01. The highest BCUT2D eigenvalue weighted by Crippen LogP contribution is 2.42. The highest BCUT2D eigenvalue weighted by atomic mass is 32.2. The lowest BCUT2D eigenvalue weighted by Crippen LogP contribution is -2.49. The van der Waals surface area contributed by atoms with Gasteiger partial charge in [0.05, 0.1) is 5.54 Å². The lowest BCUT2D eigenvalue weighted by Gasteiger charge is -2.31. The van der Waals surface area contributed by atoms with Crippen molar-refractivity contribution in [2.75, 3.05) is 0 Å². The van der Waals surface area contributed by atoms with Crippen LogP contribution in [0.4, 0.5) is 0 Å². The SMILES string of the molecule is CC(C)(C)N1C(=O)C2(Cc3ccccc3Cc3ccccc32)NS1(=O)=O. The van der Waals surface area contributed by atoms with E-state index in [1.54, 1.807) is 20.8 Å². The molecule has 1 unspecified atom stereocenters. The van der Waals surface area contributed by atoms with Crippen LogP contribution < -0.4 is 4.72 Å². The second-order valence-corrected chi connectivity index (χ2v) is 9.55. The van der Waals surface area contributed by atoms with Crippen molar-refractivity contribution >= 4 is 16.1 Å². The summed E-state index contributed by atoms with van der Waals surface area (Å²) in [6, 6.07) is 15.5. The molecule has 6 heteroatoms. The van der Waals surface area contributed by atoms with Crippen LogP contribution in [0.25, 0.3) is 0 Å². The molecule has 1 spiro atoms. The van der Waals surface area contributed by atoms with Gasteiger partial charge < -0.3 is 0 Å². The first-order chi connectivity index (χ1) is 12.2. The number of nitrogens with zero attached hydrogens (tertiary/aromatic N) is 1. The molecule has 2 aromatic rings. The first-order valence-electron chi connectivity index (χ1n) is 8.69. The van der Waals surface area contributed by atoms with Crippen molar-refractivity contribution < 1.29 is 13.2 Å². The molecule has 0 bridgehead atoms. The Morgan fingerprint density at radius 3 is 2.15 bits per heavy atom. The summed E-state index contributed by atoms with van der Waals surface area (Å²) in [6.07, 6.45) is 0.990. The van der Waals surface area contributed by atoms with E-state index in [0.717, 1.165) is 26.6 Å². The van der Waals surface area contributed by atoms with E-state index in [4.69, 9.17) is 0 Å². The molecule has 0 aromatic heterocycles. The van der Waals surface area contributed by atoms with Crippen LogP contribution in [0, 0.1) is 0 Å². The first-order valence-corrected chi connectivity index (χ1v) is 10.1. The molecule has 5 nitrogen and oxygen atoms in total. The summed E-state index contributed by atoms with van der Waals surface area (Å²) in [5, 5.41) is 0. The van der Waals surface area contributed by atoms with Crippen molar-refractivity contribution in [3.8, 4) is 0 Å². The quantitative estimate of drug-likeness (QED) is 0.775. The van der Waals surface area contributed by atoms with Gasteiger partial charge in [-0.25, -0.2) is 4.31 Å². The smallest absolute Gasteiger partial charge is 0.271 e. The molecule has 1 fully saturated rings. The highest BCUT2D eigenvalue weighted by Gasteiger charge is 2.59. The van der Waals surface area contributed by atoms with Gasteiger partial charge >= 0.3 is 10.2 Å². The molecular weight excluding hydrogens is 348 g/mol. The molecule has 4 rings (SSSR count). The first kappa shape index (κ1) is 17.2. The number of carbonyl (C=O) groups is 1. The molecule has 2 aliphatic rings. The van der Waals surface area contributed by atoms with Crippen LogP contribution in [-0.4, -0.2) is 24.2 Å². The van der Waals surface area contributed by atoms with E-state index in [1.807, 2.05) is 48.5 Å². The number of rotatable bonds is 0. The van der Waals surface area contributed by atoms with Gasteiger partial charge in [0.1, 0.15) is 5.54 Å². The predicted octanol–water partition coefficient (Wildman–Crippen LogP) is 2.50. The largest absolute Gasteiger partial charge is 0.305 e. The third kappa shape index (κ3) is 2.40. The molecule has 1 amide bonds. The number of carbonyl (C=O) groups excluding carboxylic acids is 1. The van der Waals surface area contributed by atoms with Crippen LogP contribution in [0.2, 0.25) is 0 Å². The summed E-state index contributed by atoms with van der Waals surface area (Å²) >= 11 is 0. The second kappa shape index (κ2) is 5.41. The topological polar surface area (TPSA) is 66.5 Å². The molecule has 1 heterocycles. The van der Waals surface area contributed by atoms with E-state index in [0.29, 0.717) is 12.8 Å². The van der Waals surface area contributed by atoms with Gasteiger partial charge in [-0.3, -0.25) is 4.79 Å². The van der Waals surface area contributed by atoms with Gasteiger partial charge in [0.15, 0.2) is 0 Å². The number of fused-ring (bicyclic) bond motifs is 3. The van der Waals surface area contributed by atoms with Gasteiger partial charge in [-0.1, -0.05) is 48.5 Å². The number of nitrogens with one attached hydrogen (secondary N) is 1. The molecule has 1 aliphatic carbocycles. The van der Waals surface area contributed by atoms with Gasteiger partial charge in [-0.05, 0) is 49.4 Å². The molecule has 26 heavy (non-hydrogen) atoms.